The van der Waals surface area contributed by atoms with Crippen molar-refractivity contribution in [1.82, 2.24) is 0 Å². The Balaban J connectivity index is 1.99. The summed E-state index contributed by atoms with van der Waals surface area (Å²) in [5.74, 6) is -5.07. The SMILES string of the molecule is O=C(O)c1cc(C(=O)O)cc(-c2cccc3c(-c4cc(C(=O)O)cc(C(=O)O)c4)cccc23)c1. The van der Waals surface area contributed by atoms with Crippen LogP contribution in [0.15, 0.2) is 72.8 Å². The van der Waals surface area contributed by atoms with E-state index >= 15 is 0 Å². The number of carboxylic acid groups (broad SMARTS) is 4. The molecule has 0 aliphatic carbocycles. The standard InChI is InChI=1S/C26H16O8/c27-23(28)15-7-13(8-16(11-15)24(29)30)19-3-1-5-21-20(4-2-6-22(19)21)14-9-17(25(31)32)12-18(10-14)26(33)34/h1-12H,(H,27,28)(H,29,30)(H,31,32)(H,33,34). The summed E-state index contributed by atoms with van der Waals surface area (Å²) in [4.78, 5) is 46.2. The molecule has 4 N–H and O–H groups in total. The fraction of sp³-hybridized carbons (Fsp3) is 0. The monoisotopic (exact) mass is 456 g/mol. The average molecular weight is 456 g/mol. The number of carbonyl (C=O) groups is 4. The zero-order chi connectivity index (χ0) is 24.6. The summed E-state index contributed by atoms with van der Waals surface area (Å²) >= 11 is 0. The van der Waals surface area contributed by atoms with E-state index in [2.05, 4.69) is 0 Å². The van der Waals surface area contributed by atoms with Gasteiger partial charge in [0.05, 0.1) is 22.3 Å². The molecule has 8 heteroatoms. The zero-order valence-corrected chi connectivity index (χ0v) is 17.4. The Hall–Kier alpha value is -4.98. The Labute approximate surface area is 192 Å². The molecule has 0 saturated heterocycles. The molecule has 0 aliphatic rings. The molecular weight excluding hydrogens is 440 g/mol. The minimum Gasteiger partial charge on any atom is -0.478 e. The maximum absolute atomic E-state index is 11.5. The van der Waals surface area contributed by atoms with Gasteiger partial charge in [-0.25, -0.2) is 19.2 Å². The van der Waals surface area contributed by atoms with Crippen molar-refractivity contribution in [3.05, 3.63) is 95.1 Å². The second-order valence-electron chi connectivity index (χ2n) is 7.52. The smallest absolute Gasteiger partial charge is 0.335 e. The second-order valence-corrected chi connectivity index (χ2v) is 7.52. The number of carboxylic acids is 4. The Kier molecular flexibility index (Phi) is 5.56. The molecule has 0 atom stereocenters. The van der Waals surface area contributed by atoms with Crippen molar-refractivity contribution >= 4 is 34.6 Å². The third kappa shape index (κ3) is 4.07. The van der Waals surface area contributed by atoms with Crippen LogP contribution in [0.3, 0.4) is 0 Å². The predicted octanol–water partition coefficient (Wildman–Crippen LogP) is 4.97. The van der Waals surface area contributed by atoms with Crippen molar-refractivity contribution < 1.29 is 39.6 Å². The molecular formula is C26H16O8. The second kappa shape index (κ2) is 8.51. The fourth-order valence-electron chi connectivity index (χ4n) is 3.87. The van der Waals surface area contributed by atoms with Gasteiger partial charge in [-0.2, -0.15) is 0 Å². The van der Waals surface area contributed by atoms with Gasteiger partial charge in [0.15, 0.2) is 0 Å². The van der Waals surface area contributed by atoms with Gasteiger partial charge in [0.1, 0.15) is 0 Å². The van der Waals surface area contributed by atoms with Gasteiger partial charge in [-0.1, -0.05) is 36.4 Å². The van der Waals surface area contributed by atoms with Crippen LogP contribution in [0.4, 0.5) is 0 Å². The number of fused-ring (bicyclic) bond motifs is 1. The van der Waals surface area contributed by atoms with Crippen LogP contribution in [0.1, 0.15) is 41.4 Å². The molecule has 0 radical (unpaired) electrons. The molecule has 34 heavy (non-hydrogen) atoms. The van der Waals surface area contributed by atoms with Gasteiger partial charge in [0, 0.05) is 0 Å². The predicted molar refractivity (Wildman–Crippen MR) is 123 cm³/mol. The highest BCUT2D eigenvalue weighted by atomic mass is 16.4. The molecule has 4 aromatic rings. The molecule has 4 aromatic carbocycles. The molecule has 0 spiro atoms. The molecule has 8 nitrogen and oxygen atoms in total. The molecule has 168 valence electrons. The first-order valence-electron chi connectivity index (χ1n) is 9.91. The van der Waals surface area contributed by atoms with Crippen molar-refractivity contribution in [3.8, 4) is 22.3 Å². The number of rotatable bonds is 6. The van der Waals surface area contributed by atoms with Crippen LogP contribution >= 0.6 is 0 Å². The van der Waals surface area contributed by atoms with E-state index in [0.717, 1.165) is 12.1 Å². The van der Waals surface area contributed by atoms with Gasteiger partial charge in [-0.3, -0.25) is 0 Å². The van der Waals surface area contributed by atoms with Crippen LogP contribution in [-0.4, -0.2) is 44.3 Å². The first-order valence-corrected chi connectivity index (χ1v) is 9.91. The minimum atomic E-state index is -1.27. The Morgan fingerprint density at radius 3 is 1.00 bits per heavy atom. The summed E-state index contributed by atoms with van der Waals surface area (Å²) in [5, 5.41) is 39.0. The van der Waals surface area contributed by atoms with E-state index in [4.69, 9.17) is 0 Å². The van der Waals surface area contributed by atoms with Gasteiger partial charge in [-0.15, -0.1) is 0 Å². The van der Waals surface area contributed by atoms with E-state index in [1.165, 1.54) is 24.3 Å². The summed E-state index contributed by atoms with van der Waals surface area (Å²) in [6.07, 6.45) is 0. The molecule has 0 bridgehead atoms. The molecule has 0 saturated carbocycles. The summed E-state index contributed by atoms with van der Waals surface area (Å²) in [7, 11) is 0. The van der Waals surface area contributed by atoms with Crippen LogP contribution in [0.25, 0.3) is 33.0 Å². The highest BCUT2D eigenvalue weighted by Crippen LogP contribution is 2.36. The summed E-state index contributed by atoms with van der Waals surface area (Å²) in [6, 6.07) is 18.0. The fourth-order valence-corrected chi connectivity index (χ4v) is 3.87. The van der Waals surface area contributed by atoms with Crippen LogP contribution < -0.4 is 0 Å². The quantitative estimate of drug-likeness (QED) is 0.318. The van der Waals surface area contributed by atoms with Crippen molar-refractivity contribution in [3.63, 3.8) is 0 Å². The van der Waals surface area contributed by atoms with Crippen LogP contribution in [0.2, 0.25) is 0 Å². The maximum atomic E-state index is 11.5. The first-order chi connectivity index (χ1) is 16.2. The molecule has 0 aliphatic heterocycles. The minimum absolute atomic E-state index is 0.177. The van der Waals surface area contributed by atoms with E-state index in [0.29, 0.717) is 33.0 Å². The molecule has 0 fully saturated rings. The van der Waals surface area contributed by atoms with Crippen LogP contribution in [0, 0.1) is 0 Å². The molecule has 0 aromatic heterocycles. The van der Waals surface area contributed by atoms with Crippen molar-refractivity contribution in [1.29, 1.82) is 0 Å². The molecule has 4 rings (SSSR count). The summed E-state index contributed by atoms with van der Waals surface area (Å²) in [6.45, 7) is 0. The topological polar surface area (TPSA) is 149 Å². The lowest BCUT2D eigenvalue weighted by Gasteiger charge is -2.13. The van der Waals surface area contributed by atoms with Crippen LogP contribution in [0.5, 0.6) is 0 Å². The number of benzene rings is 4. The Morgan fingerprint density at radius 2 is 0.735 bits per heavy atom. The number of hydrogen-bond donors (Lipinski definition) is 4. The average Bonchev–Trinajstić information content (AvgIpc) is 2.82. The van der Waals surface area contributed by atoms with Crippen molar-refractivity contribution in [2.75, 3.05) is 0 Å². The molecule has 0 heterocycles. The highest BCUT2D eigenvalue weighted by molar-refractivity contribution is 6.07. The summed E-state index contributed by atoms with van der Waals surface area (Å²) in [5.41, 5.74) is 1.19. The number of aromatic carboxylic acids is 4. The van der Waals surface area contributed by atoms with Crippen molar-refractivity contribution in [2.45, 2.75) is 0 Å². The van der Waals surface area contributed by atoms with Gasteiger partial charge in [0.25, 0.3) is 0 Å². The zero-order valence-electron chi connectivity index (χ0n) is 17.4. The van der Waals surface area contributed by atoms with E-state index in [1.807, 2.05) is 0 Å². The molecule has 0 unspecified atom stereocenters. The largest absolute Gasteiger partial charge is 0.478 e. The Morgan fingerprint density at radius 1 is 0.441 bits per heavy atom. The van der Waals surface area contributed by atoms with E-state index in [9.17, 15) is 39.6 Å². The lowest BCUT2D eigenvalue weighted by Crippen LogP contribution is -2.03. The van der Waals surface area contributed by atoms with Gasteiger partial charge >= 0.3 is 23.9 Å². The molecule has 0 amide bonds. The third-order valence-corrected chi connectivity index (χ3v) is 5.40. The lowest BCUT2D eigenvalue weighted by atomic mass is 9.90. The summed E-state index contributed by atoms with van der Waals surface area (Å²) < 4.78 is 0. The number of hydrogen-bond acceptors (Lipinski definition) is 4. The third-order valence-electron chi connectivity index (χ3n) is 5.40. The normalized spacial score (nSPS) is 10.7. The van der Waals surface area contributed by atoms with Crippen molar-refractivity contribution in [2.24, 2.45) is 0 Å². The van der Waals surface area contributed by atoms with E-state index in [-0.39, 0.29) is 22.3 Å². The van der Waals surface area contributed by atoms with Crippen LogP contribution in [-0.2, 0) is 0 Å². The van der Waals surface area contributed by atoms with Gasteiger partial charge in [-0.05, 0) is 69.4 Å². The van der Waals surface area contributed by atoms with E-state index in [1.54, 1.807) is 36.4 Å². The van der Waals surface area contributed by atoms with Gasteiger partial charge in [0.2, 0.25) is 0 Å². The highest BCUT2D eigenvalue weighted by Gasteiger charge is 2.17. The Bertz CT molecular complexity index is 1340. The first kappa shape index (κ1) is 22.2. The maximum Gasteiger partial charge on any atom is 0.335 e. The van der Waals surface area contributed by atoms with E-state index < -0.39 is 23.9 Å². The lowest BCUT2D eigenvalue weighted by molar-refractivity contribution is 0.0676. The van der Waals surface area contributed by atoms with Gasteiger partial charge < -0.3 is 20.4 Å².